The van der Waals surface area contributed by atoms with Crippen molar-refractivity contribution in [1.29, 1.82) is 0 Å². The van der Waals surface area contributed by atoms with E-state index in [-0.39, 0.29) is 11.2 Å². The summed E-state index contributed by atoms with van der Waals surface area (Å²) >= 11 is 0. The summed E-state index contributed by atoms with van der Waals surface area (Å²) in [6.45, 7) is 11.8. The van der Waals surface area contributed by atoms with Crippen LogP contribution >= 0.6 is 0 Å². The maximum Gasteiger partial charge on any atom is 0.0921 e. The maximum atomic E-state index is 6.17. The average Bonchev–Trinajstić information content (AvgIpc) is 3.22. The fourth-order valence-electron chi connectivity index (χ4n) is 5.47. The molecule has 4 rings (SSSR count). The van der Waals surface area contributed by atoms with Gasteiger partial charge in [-0.05, 0) is 84.0 Å². The van der Waals surface area contributed by atoms with E-state index in [2.05, 4.69) is 34.6 Å². The molecule has 6 atom stereocenters. The molecule has 0 aromatic carbocycles. The van der Waals surface area contributed by atoms with Crippen LogP contribution in [0.4, 0.5) is 0 Å². The molecule has 0 amide bonds. The molecule has 0 aromatic rings. The molecule has 0 aromatic heterocycles. The van der Waals surface area contributed by atoms with E-state index < -0.39 is 0 Å². The topological polar surface area (TPSA) is 25.1 Å². The van der Waals surface area contributed by atoms with Gasteiger partial charge in [0.25, 0.3) is 0 Å². The first kappa shape index (κ1) is 15.2. The van der Waals surface area contributed by atoms with Crippen LogP contribution in [0.15, 0.2) is 11.1 Å². The van der Waals surface area contributed by atoms with Gasteiger partial charge in [0.1, 0.15) is 0 Å². The molecule has 4 aliphatic rings. The molecule has 4 fully saturated rings. The quantitative estimate of drug-likeness (QED) is 0.464. The molecule has 0 bridgehead atoms. The van der Waals surface area contributed by atoms with Crippen LogP contribution in [0.25, 0.3) is 0 Å². The van der Waals surface area contributed by atoms with Crippen molar-refractivity contribution in [3.8, 4) is 0 Å². The molecule has 22 heavy (non-hydrogen) atoms. The molecule has 2 nitrogen and oxygen atoms in total. The highest BCUT2D eigenvalue weighted by Crippen LogP contribution is 2.59. The van der Waals surface area contributed by atoms with Gasteiger partial charge in [-0.3, -0.25) is 0 Å². The van der Waals surface area contributed by atoms with E-state index in [1.54, 1.807) is 11.1 Å². The van der Waals surface area contributed by atoms with Gasteiger partial charge in [-0.25, -0.2) is 0 Å². The number of ether oxygens (including phenoxy) is 2. The highest BCUT2D eigenvalue weighted by Gasteiger charge is 2.60. The predicted octanol–water partition coefficient (Wildman–Crippen LogP) is 5.02. The van der Waals surface area contributed by atoms with Crippen molar-refractivity contribution in [2.45, 2.75) is 103 Å². The number of hydrogen-bond donors (Lipinski definition) is 0. The fraction of sp³-hybridized carbons (Fsp3) is 0.900. The van der Waals surface area contributed by atoms with E-state index in [0.717, 1.165) is 5.92 Å². The third kappa shape index (κ3) is 2.29. The highest BCUT2D eigenvalue weighted by molar-refractivity contribution is 5.23. The number of rotatable bonds is 0. The van der Waals surface area contributed by atoms with Gasteiger partial charge < -0.3 is 9.47 Å². The van der Waals surface area contributed by atoms with Gasteiger partial charge in [-0.1, -0.05) is 18.1 Å². The lowest BCUT2D eigenvalue weighted by Crippen LogP contribution is -2.27. The van der Waals surface area contributed by atoms with Crippen LogP contribution in [0.2, 0.25) is 0 Å². The molecule has 2 aliphatic carbocycles. The van der Waals surface area contributed by atoms with E-state index in [4.69, 9.17) is 9.47 Å². The Morgan fingerprint density at radius 2 is 1.55 bits per heavy atom. The molecular formula is C20H32O2. The van der Waals surface area contributed by atoms with Gasteiger partial charge in [-0.2, -0.15) is 0 Å². The van der Waals surface area contributed by atoms with Crippen LogP contribution < -0.4 is 0 Å². The fourth-order valence-corrected chi connectivity index (χ4v) is 5.47. The van der Waals surface area contributed by atoms with Crippen molar-refractivity contribution < 1.29 is 9.47 Å². The minimum Gasteiger partial charge on any atom is -0.366 e. The summed E-state index contributed by atoms with van der Waals surface area (Å²) in [5, 5.41) is 0. The third-order valence-electron chi connectivity index (χ3n) is 7.42. The Balaban J connectivity index is 1.64. The van der Waals surface area contributed by atoms with Crippen LogP contribution in [0.3, 0.4) is 0 Å². The summed E-state index contributed by atoms with van der Waals surface area (Å²) in [6.07, 6.45) is 9.75. The van der Waals surface area contributed by atoms with E-state index in [1.807, 2.05) is 0 Å². The Morgan fingerprint density at radius 1 is 0.909 bits per heavy atom. The minimum absolute atomic E-state index is 0.137. The summed E-state index contributed by atoms with van der Waals surface area (Å²) in [5.74, 6) is 0.741. The van der Waals surface area contributed by atoms with Gasteiger partial charge in [0.15, 0.2) is 0 Å². The van der Waals surface area contributed by atoms with Crippen molar-refractivity contribution in [2.75, 3.05) is 0 Å². The van der Waals surface area contributed by atoms with Gasteiger partial charge in [0.05, 0.1) is 23.4 Å². The lowest BCUT2D eigenvalue weighted by molar-refractivity contribution is 0.176. The Labute approximate surface area is 135 Å². The van der Waals surface area contributed by atoms with Crippen molar-refractivity contribution in [3.63, 3.8) is 0 Å². The average molecular weight is 304 g/mol. The van der Waals surface area contributed by atoms with Crippen LogP contribution in [-0.4, -0.2) is 23.4 Å². The number of hydrogen-bond acceptors (Lipinski definition) is 2. The Kier molecular flexibility index (Phi) is 3.18. The molecule has 3 unspecified atom stereocenters. The molecule has 0 radical (unpaired) electrons. The zero-order chi connectivity index (χ0) is 15.8. The molecular weight excluding hydrogens is 272 g/mol. The molecule has 2 saturated heterocycles. The van der Waals surface area contributed by atoms with Crippen LogP contribution in [0.1, 0.15) is 79.6 Å². The first-order valence-corrected chi connectivity index (χ1v) is 9.28. The third-order valence-corrected chi connectivity index (χ3v) is 7.42. The second-order valence-corrected chi connectivity index (χ2v) is 9.35. The SMILES string of the molecule is CC(C)=C1CC[C@@]2(C)CC3O[C@]3(C)CCC3OC3(C)CC[C@H]12. The zero-order valence-electron chi connectivity index (χ0n) is 15.0. The smallest absolute Gasteiger partial charge is 0.0921 e. The number of fused-ring (bicyclic) bond motifs is 3. The van der Waals surface area contributed by atoms with Crippen LogP contribution in [0.5, 0.6) is 0 Å². The molecule has 2 saturated carbocycles. The van der Waals surface area contributed by atoms with Gasteiger partial charge >= 0.3 is 0 Å². The first-order chi connectivity index (χ1) is 10.3. The number of allylic oxidation sites excluding steroid dienone is 2. The minimum atomic E-state index is 0.137. The lowest BCUT2D eigenvalue weighted by Gasteiger charge is -2.33. The Hall–Kier alpha value is -0.340. The van der Waals surface area contributed by atoms with Crippen molar-refractivity contribution >= 4 is 0 Å². The van der Waals surface area contributed by atoms with E-state index in [1.165, 1.54) is 44.9 Å². The largest absolute Gasteiger partial charge is 0.366 e. The predicted molar refractivity (Wildman–Crippen MR) is 88.8 cm³/mol. The molecule has 2 heterocycles. The standard InChI is InChI=1S/C20H32O2/c1-13(2)14-6-9-18(3)12-17-20(5,22-17)11-8-16-19(4,21-16)10-7-15(14)18/h15-17H,6-12H2,1-5H3/t15-,16?,17?,18+,19?,20-/m1/s1. The second kappa shape index (κ2) is 4.60. The number of epoxide rings is 2. The van der Waals surface area contributed by atoms with Crippen LogP contribution in [-0.2, 0) is 9.47 Å². The van der Waals surface area contributed by atoms with E-state index in [9.17, 15) is 0 Å². The monoisotopic (exact) mass is 304 g/mol. The maximum absolute atomic E-state index is 6.17. The summed E-state index contributed by atoms with van der Waals surface area (Å²) < 4.78 is 12.3. The van der Waals surface area contributed by atoms with E-state index >= 15 is 0 Å². The summed E-state index contributed by atoms with van der Waals surface area (Å²) in [5.41, 5.74) is 4.02. The molecule has 2 heteroatoms. The Bertz CT molecular complexity index is 520. The normalized spacial score (nSPS) is 53.9. The first-order valence-electron chi connectivity index (χ1n) is 9.28. The summed E-state index contributed by atoms with van der Waals surface area (Å²) in [4.78, 5) is 0. The second-order valence-electron chi connectivity index (χ2n) is 9.35. The van der Waals surface area contributed by atoms with Crippen molar-refractivity contribution in [3.05, 3.63) is 11.1 Å². The Morgan fingerprint density at radius 3 is 2.27 bits per heavy atom. The molecule has 0 N–H and O–H groups in total. The molecule has 124 valence electrons. The molecule has 2 aliphatic heterocycles. The van der Waals surface area contributed by atoms with Crippen molar-refractivity contribution in [1.82, 2.24) is 0 Å². The van der Waals surface area contributed by atoms with Gasteiger partial charge in [0, 0.05) is 0 Å². The van der Waals surface area contributed by atoms with Gasteiger partial charge in [-0.15, -0.1) is 0 Å². The van der Waals surface area contributed by atoms with E-state index in [0.29, 0.717) is 17.6 Å². The lowest BCUT2D eigenvalue weighted by atomic mass is 9.71. The van der Waals surface area contributed by atoms with Crippen LogP contribution in [0, 0.1) is 11.3 Å². The zero-order valence-corrected chi connectivity index (χ0v) is 15.0. The molecule has 0 spiro atoms. The summed E-state index contributed by atoms with van der Waals surface area (Å²) in [6, 6.07) is 0. The summed E-state index contributed by atoms with van der Waals surface area (Å²) in [7, 11) is 0. The van der Waals surface area contributed by atoms with Gasteiger partial charge in [0.2, 0.25) is 0 Å². The van der Waals surface area contributed by atoms with Crippen molar-refractivity contribution in [2.24, 2.45) is 11.3 Å². The highest BCUT2D eigenvalue weighted by atomic mass is 16.6.